The standard InChI is InChI=1S/C7H7NO4S/c9-6(10)4-2-1-3-8(13)5(4)7(11)12/h1-3,5,13H,(H,9,10)(H,11,12). The first-order valence-electron chi connectivity index (χ1n) is 3.35. The van der Waals surface area contributed by atoms with E-state index in [-0.39, 0.29) is 5.57 Å². The van der Waals surface area contributed by atoms with E-state index >= 15 is 0 Å². The summed E-state index contributed by atoms with van der Waals surface area (Å²) >= 11 is 3.81. The zero-order chi connectivity index (χ0) is 10.0. The molecule has 0 aliphatic carbocycles. The fourth-order valence-electron chi connectivity index (χ4n) is 0.989. The zero-order valence-electron chi connectivity index (χ0n) is 6.41. The maximum absolute atomic E-state index is 10.7. The van der Waals surface area contributed by atoms with E-state index in [1.54, 1.807) is 0 Å². The van der Waals surface area contributed by atoms with Crippen molar-refractivity contribution in [1.29, 1.82) is 0 Å². The van der Waals surface area contributed by atoms with Crippen molar-refractivity contribution < 1.29 is 19.8 Å². The molecule has 0 radical (unpaired) electrons. The molecule has 0 bridgehead atoms. The van der Waals surface area contributed by atoms with Crippen molar-refractivity contribution in [3.63, 3.8) is 0 Å². The van der Waals surface area contributed by atoms with E-state index in [0.29, 0.717) is 0 Å². The molecule has 1 aliphatic heterocycles. The van der Waals surface area contributed by atoms with E-state index in [9.17, 15) is 9.59 Å². The minimum absolute atomic E-state index is 0.204. The van der Waals surface area contributed by atoms with Crippen LogP contribution in [0.3, 0.4) is 0 Å². The molecule has 1 aliphatic rings. The Hall–Kier alpha value is -1.43. The molecule has 1 unspecified atom stereocenters. The third-order valence-electron chi connectivity index (χ3n) is 1.55. The molecule has 2 N–H and O–H groups in total. The molecule has 0 saturated heterocycles. The molecule has 0 amide bonds. The highest BCUT2D eigenvalue weighted by Crippen LogP contribution is 2.18. The molecule has 1 heterocycles. The number of carboxylic acids is 2. The van der Waals surface area contributed by atoms with Crippen molar-refractivity contribution in [2.75, 3.05) is 0 Å². The van der Waals surface area contributed by atoms with Crippen molar-refractivity contribution >= 4 is 24.8 Å². The van der Waals surface area contributed by atoms with Crippen LogP contribution in [0, 0.1) is 0 Å². The Labute approximate surface area is 79.5 Å². The van der Waals surface area contributed by atoms with E-state index in [0.717, 1.165) is 4.31 Å². The fraction of sp³-hybridized carbons (Fsp3) is 0.143. The highest BCUT2D eigenvalue weighted by atomic mass is 32.1. The summed E-state index contributed by atoms with van der Waals surface area (Å²) in [6.45, 7) is 0. The Balaban J connectivity index is 3.02. The molecule has 5 nitrogen and oxygen atoms in total. The molecule has 70 valence electrons. The molecule has 6 heteroatoms. The Bertz CT molecular complexity index is 310. The molecule has 1 rings (SSSR count). The summed E-state index contributed by atoms with van der Waals surface area (Å²) in [6.07, 6.45) is 4.05. The number of aliphatic carboxylic acids is 2. The van der Waals surface area contributed by atoms with Crippen LogP contribution in [0.1, 0.15) is 0 Å². The summed E-state index contributed by atoms with van der Waals surface area (Å²) in [6, 6.07) is -1.23. The van der Waals surface area contributed by atoms with Gasteiger partial charge in [0.1, 0.15) is 0 Å². The first-order valence-corrected chi connectivity index (χ1v) is 3.75. The zero-order valence-corrected chi connectivity index (χ0v) is 7.31. The van der Waals surface area contributed by atoms with Crippen LogP contribution in [0.5, 0.6) is 0 Å². The Morgan fingerprint density at radius 1 is 1.46 bits per heavy atom. The van der Waals surface area contributed by atoms with Crippen molar-refractivity contribution in [3.05, 3.63) is 23.9 Å². The summed E-state index contributed by atoms with van der Waals surface area (Å²) in [5.41, 5.74) is -0.204. The summed E-state index contributed by atoms with van der Waals surface area (Å²) in [5.74, 6) is -2.50. The lowest BCUT2D eigenvalue weighted by Gasteiger charge is -2.24. The maximum atomic E-state index is 10.7. The summed E-state index contributed by atoms with van der Waals surface area (Å²) in [5, 5.41) is 17.3. The van der Waals surface area contributed by atoms with Crippen LogP contribution >= 0.6 is 12.8 Å². The highest BCUT2D eigenvalue weighted by Gasteiger charge is 2.31. The van der Waals surface area contributed by atoms with Crippen LogP contribution in [0.25, 0.3) is 0 Å². The first kappa shape index (κ1) is 9.66. The van der Waals surface area contributed by atoms with Gasteiger partial charge in [-0.1, -0.05) is 12.8 Å². The van der Waals surface area contributed by atoms with Gasteiger partial charge in [0.25, 0.3) is 0 Å². The number of carbonyl (C=O) groups is 2. The van der Waals surface area contributed by atoms with Crippen LogP contribution in [-0.4, -0.2) is 32.5 Å². The van der Waals surface area contributed by atoms with Gasteiger partial charge in [-0.25, -0.2) is 9.59 Å². The molecule has 0 fully saturated rings. The SMILES string of the molecule is O=C(O)C1=CC=CN(S)C1C(=O)O. The lowest BCUT2D eigenvalue weighted by molar-refractivity contribution is -0.142. The van der Waals surface area contributed by atoms with Gasteiger partial charge in [-0.05, 0) is 12.2 Å². The molecule has 0 spiro atoms. The summed E-state index contributed by atoms with van der Waals surface area (Å²) in [4.78, 5) is 21.2. The second-order valence-corrected chi connectivity index (χ2v) is 2.85. The van der Waals surface area contributed by atoms with E-state index in [1.807, 2.05) is 0 Å². The molecular formula is C7H7NO4S. The molecule has 13 heavy (non-hydrogen) atoms. The van der Waals surface area contributed by atoms with Crippen molar-refractivity contribution in [1.82, 2.24) is 4.31 Å². The second-order valence-electron chi connectivity index (χ2n) is 2.39. The molecular weight excluding hydrogens is 194 g/mol. The third kappa shape index (κ3) is 1.83. The quantitative estimate of drug-likeness (QED) is 0.553. The van der Waals surface area contributed by atoms with Crippen LogP contribution in [-0.2, 0) is 9.59 Å². The van der Waals surface area contributed by atoms with Crippen molar-refractivity contribution in [2.24, 2.45) is 0 Å². The minimum atomic E-state index is -1.25. The number of thiol groups is 1. The predicted octanol–water partition coefficient (Wildman–Crippen LogP) is 0.125. The number of hydrogen-bond donors (Lipinski definition) is 3. The van der Waals surface area contributed by atoms with E-state index in [4.69, 9.17) is 10.2 Å². The molecule has 0 saturated carbocycles. The lowest BCUT2D eigenvalue weighted by Crippen LogP contribution is -2.37. The molecule has 1 atom stereocenters. The average Bonchev–Trinajstić information content (AvgIpc) is 2.02. The van der Waals surface area contributed by atoms with Crippen LogP contribution in [0.4, 0.5) is 0 Å². The third-order valence-corrected chi connectivity index (χ3v) is 1.92. The lowest BCUT2D eigenvalue weighted by atomic mass is 10.1. The smallest absolute Gasteiger partial charge is 0.334 e. The second kappa shape index (κ2) is 3.53. The largest absolute Gasteiger partial charge is 0.479 e. The monoisotopic (exact) mass is 201 g/mol. The van der Waals surface area contributed by atoms with Crippen molar-refractivity contribution in [3.8, 4) is 0 Å². The van der Waals surface area contributed by atoms with E-state index in [2.05, 4.69) is 12.8 Å². The molecule has 0 aromatic carbocycles. The Morgan fingerprint density at radius 3 is 2.46 bits per heavy atom. The van der Waals surface area contributed by atoms with E-state index < -0.39 is 18.0 Å². The Morgan fingerprint density at radius 2 is 2.08 bits per heavy atom. The molecule has 0 aromatic heterocycles. The number of hydrogen-bond acceptors (Lipinski definition) is 4. The van der Waals surface area contributed by atoms with Crippen LogP contribution < -0.4 is 0 Å². The topological polar surface area (TPSA) is 77.8 Å². The highest BCUT2D eigenvalue weighted by molar-refractivity contribution is 7.77. The average molecular weight is 201 g/mol. The fourth-order valence-corrected chi connectivity index (χ4v) is 1.29. The first-order chi connectivity index (χ1) is 6.04. The normalized spacial score (nSPS) is 21.2. The number of allylic oxidation sites excluding steroid dienone is 2. The molecule has 0 aromatic rings. The number of carboxylic acid groups (broad SMARTS) is 2. The van der Waals surface area contributed by atoms with Gasteiger partial charge < -0.3 is 14.5 Å². The van der Waals surface area contributed by atoms with Crippen LogP contribution in [0.2, 0.25) is 0 Å². The van der Waals surface area contributed by atoms with Gasteiger partial charge in [0.05, 0.1) is 5.57 Å². The van der Waals surface area contributed by atoms with Crippen LogP contribution in [0.15, 0.2) is 23.9 Å². The van der Waals surface area contributed by atoms with Gasteiger partial charge in [0, 0.05) is 6.20 Å². The van der Waals surface area contributed by atoms with Crippen molar-refractivity contribution in [2.45, 2.75) is 6.04 Å². The number of rotatable bonds is 2. The minimum Gasteiger partial charge on any atom is -0.479 e. The van der Waals surface area contributed by atoms with Gasteiger partial charge in [0.2, 0.25) is 0 Å². The van der Waals surface area contributed by atoms with Gasteiger partial charge in [-0.2, -0.15) is 0 Å². The maximum Gasteiger partial charge on any atom is 0.334 e. The number of nitrogens with zero attached hydrogens (tertiary/aromatic N) is 1. The summed E-state index contributed by atoms with van der Waals surface area (Å²) in [7, 11) is 0. The van der Waals surface area contributed by atoms with Gasteiger partial charge in [0.15, 0.2) is 6.04 Å². The predicted molar refractivity (Wildman–Crippen MR) is 47.1 cm³/mol. The summed E-state index contributed by atoms with van der Waals surface area (Å²) < 4.78 is 1.03. The van der Waals surface area contributed by atoms with Gasteiger partial charge >= 0.3 is 11.9 Å². The van der Waals surface area contributed by atoms with E-state index in [1.165, 1.54) is 18.4 Å². The Kier molecular flexibility index (Phi) is 2.62. The van der Waals surface area contributed by atoms with Gasteiger partial charge in [-0.3, -0.25) is 0 Å². The van der Waals surface area contributed by atoms with Gasteiger partial charge in [-0.15, -0.1) is 0 Å².